The maximum atomic E-state index is 13.6. The van der Waals surface area contributed by atoms with E-state index in [-0.39, 0.29) is 33.8 Å². The molecule has 4 aromatic rings. The zero-order valence-electron chi connectivity index (χ0n) is 21.7. The number of hydrogen-bond acceptors (Lipinski definition) is 3. The Kier molecular flexibility index (Phi) is 8.12. The summed E-state index contributed by atoms with van der Waals surface area (Å²) < 4.78 is 30.4. The largest absolute Gasteiger partial charge is 0.349 e. The highest BCUT2D eigenvalue weighted by Gasteiger charge is 2.27. The number of aryl methyl sites for hydroxylation is 1. The molecule has 1 saturated carbocycles. The Bertz CT molecular complexity index is 1520. The SMILES string of the molecule is CCCc1ccc(-n2c(=O)n(CC3CCC(NC(=O)c4cc(Cl)ccc4C(F)F)CC3)c3ccccc32)cn1. The smallest absolute Gasteiger partial charge is 0.333 e. The number of aromatic nitrogens is 3. The van der Waals surface area contributed by atoms with Crippen LogP contribution in [0, 0.1) is 5.92 Å². The lowest BCUT2D eigenvalue weighted by Gasteiger charge is -2.29. The third-order valence-electron chi connectivity index (χ3n) is 7.53. The lowest BCUT2D eigenvalue weighted by molar-refractivity contribution is 0.0907. The topological polar surface area (TPSA) is 68.9 Å². The third-order valence-corrected chi connectivity index (χ3v) is 7.76. The molecule has 204 valence electrons. The molecule has 6 nitrogen and oxygen atoms in total. The van der Waals surface area contributed by atoms with Crippen LogP contribution < -0.4 is 11.0 Å². The molecule has 1 aliphatic carbocycles. The summed E-state index contributed by atoms with van der Waals surface area (Å²) in [6, 6.07) is 15.4. The van der Waals surface area contributed by atoms with Crippen molar-refractivity contribution in [3.05, 3.63) is 93.1 Å². The van der Waals surface area contributed by atoms with Crippen LogP contribution in [0.2, 0.25) is 5.02 Å². The van der Waals surface area contributed by atoms with E-state index in [4.69, 9.17) is 11.6 Å². The van der Waals surface area contributed by atoms with E-state index in [1.54, 1.807) is 10.8 Å². The van der Waals surface area contributed by atoms with Gasteiger partial charge < -0.3 is 5.32 Å². The van der Waals surface area contributed by atoms with Crippen molar-refractivity contribution in [1.82, 2.24) is 19.4 Å². The number of pyridine rings is 1. The van der Waals surface area contributed by atoms with Crippen molar-refractivity contribution in [3.63, 3.8) is 0 Å². The van der Waals surface area contributed by atoms with Gasteiger partial charge in [0.25, 0.3) is 12.3 Å². The number of amides is 1. The second kappa shape index (κ2) is 11.7. The van der Waals surface area contributed by atoms with Crippen LogP contribution in [0.1, 0.15) is 67.1 Å². The highest BCUT2D eigenvalue weighted by Crippen LogP contribution is 2.29. The highest BCUT2D eigenvalue weighted by atomic mass is 35.5. The van der Waals surface area contributed by atoms with E-state index in [0.29, 0.717) is 19.4 Å². The maximum absolute atomic E-state index is 13.6. The molecule has 1 fully saturated rings. The number of halogens is 3. The molecule has 0 atom stereocenters. The van der Waals surface area contributed by atoms with E-state index in [9.17, 15) is 18.4 Å². The average molecular weight is 553 g/mol. The van der Waals surface area contributed by atoms with Crippen LogP contribution >= 0.6 is 11.6 Å². The van der Waals surface area contributed by atoms with Gasteiger partial charge in [-0.3, -0.25) is 18.9 Å². The molecule has 0 radical (unpaired) electrons. The van der Waals surface area contributed by atoms with Crippen LogP contribution in [0.3, 0.4) is 0 Å². The van der Waals surface area contributed by atoms with Crippen LogP contribution in [0.25, 0.3) is 16.7 Å². The number of carbonyl (C=O) groups excluding carboxylic acids is 1. The predicted octanol–water partition coefficient (Wildman–Crippen LogP) is 6.72. The number of rotatable bonds is 8. The average Bonchev–Trinajstić information content (AvgIpc) is 3.21. The first-order valence-electron chi connectivity index (χ1n) is 13.4. The molecule has 9 heteroatoms. The molecule has 1 amide bonds. The number of carbonyl (C=O) groups is 1. The first kappa shape index (κ1) is 27.1. The van der Waals surface area contributed by atoms with Crippen molar-refractivity contribution in [2.24, 2.45) is 5.92 Å². The standard InChI is InChI=1S/C30H31ClF2N4O2/c1-2-5-21-13-14-23(17-34-21)37-27-7-4-3-6-26(27)36(30(37)39)18-19-8-11-22(12-9-19)35-29(38)25-16-20(31)10-15-24(25)28(32)33/h3-4,6-7,10,13-17,19,22,28H,2,5,8-9,11-12,18H2,1H3,(H,35,38). The monoisotopic (exact) mass is 552 g/mol. The zero-order valence-corrected chi connectivity index (χ0v) is 22.5. The van der Waals surface area contributed by atoms with Crippen LogP contribution in [0.5, 0.6) is 0 Å². The Morgan fingerprint density at radius 3 is 2.49 bits per heavy atom. The van der Waals surface area contributed by atoms with Crippen molar-refractivity contribution in [2.45, 2.75) is 64.5 Å². The maximum Gasteiger partial charge on any atom is 0.333 e. The van der Waals surface area contributed by atoms with Crippen molar-refractivity contribution in [1.29, 1.82) is 0 Å². The molecule has 1 N–H and O–H groups in total. The third kappa shape index (κ3) is 5.76. The molecule has 0 bridgehead atoms. The quantitative estimate of drug-likeness (QED) is 0.264. The second-order valence-corrected chi connectivity index (χ2v) is 10.6. The lowest BCUT2D eigenvalue weighted by Crippen LogP contribution is -2.39. The van der Waals surface area contributed by atoms with Crippen molar-refractivity contribution >= 4 is 28.5 Å². The molecule has 0 saturated heterocycles. The van der Waals surface area contributed by atoms with Gasteiger partial charge in [-0.25, -0.2) is 13.6 Å². The van der Waals surface area contributed by atoms with Gasteiger partial charge in [-0.1, -0.05) is 43.1 Å². The van der Waals surface area contributed by atoms with Gasteiger partial charge in [0, 0.05) is 34.4 Å². The Labute approximate surface area is 230 Å². The molecule has 2 aromatic heterocycles. The summed E-state index contributed by atoms with van der Waals surface area (Å²) in [5.41, 5.74) is 2.94. The van der Waals surface area contributed by atoms with E-state index in [1.165, 1.54) is 18.2 Å². The van der Waals surface area contributed by atoms with E-state index in [1.807, 2.05) is 41.0 Å². The van der Waals surface area contributed by atoms with Gasteiger partial charge in [0.05, 0.1) is 22.9 Å². The summed E-state index contributed by atoms with van der Waals surface area (Å²) in [5, 5.41) is 3.15. The van der Waals surface area contributed by atoms with Gasteiger partial charge in [0.1, 0.15) is 0 Å². The minimum absolute atomic E-state index is 0.0869. The zero-order chi connectivity index (χ0) is 27.5. The van der Waals surface area contributed by atoms with E-state index >= 15 is 0 Å². The highest BCUT2D eigenvalue weighted by molar-refractivity contribution is 6.31. The number of nitrogens with zero attached hydrogens (tertiary/aromatic N) is 3. The molecule has 39 heavy (non-hydrogen) atoms. The van der Waals surface area contributed by atoms with Gasteiger partial charge in [-0.15, -0.1) is 0 Å². The Morgan fingerprint density at radius 1 is 1.08 bits per heavy atom. The molecule has 2 heterocycles. The van der Waals surface area contributed by atoms with Gasteiger partial charge in [-0.2, -0.15) is 0 Å². The minimum atomic E-state index is -2.76. The first-order valence-corrected chi connectivity index (χ1v) is 13.8. The fourth-order valence-corrected chi connectivity index (χ4v) is 5.69. The first-order chi connectivity index (χ1) is 18.9. The second-order valence-electron chi connectivity index (χ2n) is 10.2. The minimum Gasteiger partial charge on any atom is -0.349 e. The molecule has 0 aliphatic heterocycles. The van der Waals surface area contributed by atoms with Crippen LogP contribution in [-0.2, 0) is 13.0 Å². The molecular weight excluding hydrogens is 522 g/mol. The summed E-state index contributed by atoms with van der Waals surface area (Å²) in [6.07, 6.45) is 3.93. The summed E-state index contributed by atoms with van der Waals surface area (Å²) in [4.78, 5) is 31.0. The lowest BCUT2D eigenvalue weighted by atomic mass is 9.85. The van der Waals surface area contributed by atoms with Crippen LogP contribution in [-0.4, -0.2) is 26.1 Å². The molecule has 1 aliphatic rings. The van der Waals surface area contributed by atoms with Gasteiger partial charge in [0.2, 0.25) is 0 Å². The molecule has 5 rings (SSSR count). The summed E-state index contributed by atoms with van der Waals surface area (Å²) >= 11 is 5.96. The molecule has 0 unspecified atom stereocenters. The van der Waals surface area contributed by atoms with Crippen LogP contribution in [0.4, 0.5) is 8.78 Å². The number of benzene rings is 2. The van der Waals surface area contributed by atoms with E-state index in [2.05, 4.69) is 17.2 Å². The summed E-state index contributed by atoms with van der Waals surface area (Å²) in [5.74, 6) is -0.280. The number of hydrogen-bond donors (Lipinski definition) is 1. The van der Waals surface area contributed by atoms with Crippen molar-refractivity contribution in [3.8, 4) is 5.69 Å². The molecule has 2 aromatic carbocycles. The van der Waals surface area contributed by atoms with Gasteiger partial charge in [-0.05, 0) is 74.4 Å². The fraction of sp³-hybridized carbons (Fsp3) is 0.367. The van der Waals surface area contributed by atoms with E-state index in [0.717, 1.165) is 48.1 Å². The normalized spacial score (nSPS) is 17.6. The number of imidazole rings is 1. The summed E-state index contributed by atoms with van der Waals surface area (Å²) in [6.45, 7) is 2.68. The fourth-order valence-electron chi connectivity index (χ4n) is 5.51. The number of alkyl halides is 2. The van der Waals surface area contributed by atoms with Crippen molar-refractivity contribution < 1.29 is 13.6 Å². The molecule has 0 spiro atoms. The number of nitrogens with one attached hydrogen (secondary N) is 1. The number of fused-ring (bicyclic) bond motifs is 1. The summed E-state index contributed by atoms with van der Waals surface area (Å²) in [7, 11) is 0. The van der Waals surface area contributed by atoms with Gasteiger partial charge in [0.15, 0.2) is 0 Å². The van der Waals surface area contributed by atoms with Gasteiger partial charge >= 0.3 is 5.69 Å². The number of para-hydroxylation sites is 2. The van der Waals surface area contributed by atoms with Crippen LogP contribution in [0.15, 0.2) is 65.6 Å². The molecular formula is C30H31ClF2N4O2. The van der Waals surface area contributed by atoms with Crippen molar-refractivity contribution in [2.75, 3.05) is 0 Å². The predicted molar refractivity (Wildman–Crippen MR) is 149 cm³/mol. The van der Waals surface area contributed by atoms with E-state index < -0.39 is 12.3 Å². The Morgan fingerprint density at radius 2 is 1.82 bits per heavy atom. The Hall–Kier alpha value is -3.52. The Balaban J connectivity index is 1.29.